The summed E-state index contributed by atoms with van der Waals surface area (Å²) in [4.78, 5) is 3.92. The van der Waals surface area contributed by atoms with Gasteiger partial charge in [0.15, 0.2) is 0 Å². The van der Waals surface area contributed by atoms with Crippen molar-refractivity contribution in [3.05, 3.63) is 20.8 Å². The van der Waals surface area contributed by atoms with E-state index in [1.807, 2.05) is 11.3 Å². The molecular weight excluding hydrogens is 324 g/mol. The van der Waals surface area contributed by atoms with Crippen molar-refractivity contribution in [3.8, 4) is 0 Å². The summed E-state index contributed by atoms with van der Waals surface area (Å²) in [6.45, 7) is 9.47. The maximum Gasteiger partial charge on any atom is 0.0826 e. The van der Waals surface area contributed by atoms with E-state index in [0.717, 1.165) is 39.2 Å². The molecule has 108 valence electrons. The van der Waals surface area contributed by atoms with Crippen LogP contribution in [0.3, 0.4) is 0 Å². The minimum atomic E-state index is 0.339. The number of ether oxygens (including phenoxy) is 1. The van der Waals surface area contributed by atoms with Gasteiger partial charge in [-0.15, -0.1) is 11.3 Å². The van der Waals surface area contributed by atoms with Crippen molar-refractivity contribution in [2.45, 2.75) is 32.4 Å². The van der Waals surface area contributed by atoms with Crippen LogP contribution < -0.4 is 5.32 Å². The van der Waals surface area contributed by atoms with Gasteiger partial charge in [-0.3, -0.25) is 4.90 Å². The highest BCUT2D eigenvalue weighted by Crippen LogP contribution is 2.22. The third kappa shape index (κ3) is 5.16. The molecule has 19 heavy (non-hydrogen) atoms. The largest absolute Gasteiger partial charge is 0.374 e. The Kier molecular flexibility index (Phi) is 6.29. The Morgan fingerprint density at radius 1 is 1.53 bits per heavy atom. The predicted molar refractivity (Wildman–Crippen MR) is 85.0 cm³/mol. The van der Waals surface area contributed by atoms with Crippen LogP contribution in [-0.4, -0.2) is 49.8 Å². The van der Waals surface area contributed by atoms with Crippen molar-refractivity contribution in [1.82, 2.24) is 10.2 Å². The number of hydrogen-bond donors (Lipinski definition) is 1. The summed E-state index contributed by atoms with van der Waals surface area (Å²) in [5.74, 6) is 0. The van der Waals surface area contributed by atoms with Gasteiger partial charge in [0.05, 0.1) is 16.5 Å². The maximum atomic E-state index is 5.81. The van der Waals surface area contributed by atoms with Crippen molar-refractivity contribution in [2.24, 2.45) is 0 Å². The minimum Gasteiger partial charge on any atom is -0.374 e. The van der Waals surface area contributed by atoms with Crippen LogP contribution in [-0.2, 0) is 11.2 Å². The van der Waals surface area contributed by atoms with Crippen LogP contribution in [0.2, 0.25) is 0 Å². The topological polar surface area (TPSA) is 24.5 Å². The number of halogens is 1. The molecule has 3 nitrogen and oxygen atoms in total. The Balaban J connectivity index is 1.62. The highest BCUT2D eigenvalue weighted by Gasteiger charge is 2.21. The van der Waals surface area contributed by atoms with Crippen molar-refractivity contribution in [3.63, 3.8) is 0 Å². The number of nitrogens with zero attached hydrogens (tertiary/aromatic N) is 1. The first-order chi connectivity index (χ1) is 9.15. The molecule has 1 aromatic heterocycles. The molecule has 1 unspecified atom stereocenters. The summed E-state index contributed by atoms with van der Waals surface area (Å²) in [6.07, 6.45) is 1.43. The Morgan fingerprint density at radius 3 is 3.05 bits per heavy atom. The van der Waals surface area contributed by atoms with E-state index in [4.69, 9.17) is 4.74 Å². The Bertz CT molecular complexity index is 383. The molecular formula is C14H23BrN2OS. The van der Waals surface area contributed by atoms with Gasteiger partial charge in [-0.25, -0.2) is 0 Å². The molecule has 0 aliphatic carbocycles. The monoisotopic (exact) mass is 346 g/mol. The molecule has 1 saturated heterocycles. The number of hydrogen-bond acceptors (Lipinski definition) is 4. The molecule has 0 spiro atoms. The third-order valence-electron chi connectivity index (χ3n) is 3.45. The fraction of sp³-hybridized carbons (Fsp3) is 0.714. The van der Waals surface area contributed by atoms with E-state index in [9.17, 15) is 0 Å². The molecule has 1 aliphatic rings. The lowest BCUT2D eigenvalue weighted by Gasteiger charge is -2.35. The van der Waals surface area contributed by atoms with Gasteiger partial charge in [-0.2, -0.15) is 0 Å². The molecule has 0 bridgehead atoms. The van der Waals surface area contributed by atoms with Crippen LogP contribution in [0.15, 0.2) is 15.9 Å². The number of morpholine rings is 1. The van der Waals surface area contributed by atoms with Crippen molar-refractivity contribution in [2.75, 3.05) is 32.8 Å². The van der Waals surface area contributed by atoms with E-state index in [-0.39, 0.29) is 0 Å². The molecule has 2 rings (SSSR count). The first kappa shape index (κ1) is 15.4. The Hall–Kier alpha value is 0.0600. The zero-order valence-electron chi connectivity index (χ0n) is 11.7. The minimum absolute atomic E-state index is 0.339. The van der Waals surface area contributed by atoms with E-state index < -0.39 is 0 Å². The van der Waals surface area contributed by atoms with E-state index in [1.165, 1.54) is 8.66 Å². The maximum absolute atomic E-state index is 5.81. The molecule has 0 saturated carbocycles. The van der Waals surface area contributed by atoms with Crippen molar-refractivity contribution >= 4 is 27.3 Å². The molecule has 1 N–H and O–H groups in total. The standard InChI is InChI=1S/C14H23BrN2OS/c1-11(2)17-7-8-18-12(10-17)9-16-6-5-13-3-4-14(15)19-13/h3-4,11-12,16H,5-10H2,1-2H3. The Labute approximate surface area is 128 Å². The van der Waals surface area contributed by atoms with Gasteiger partial charge in [0.25, 0.3) is 0 Å². The van der Waals surface area contributed by atoms with E-state index in [1.54, 1.807) is 0 Å². The summed E-state index contributed by atoms with van der Waals surface area (Å²) in [6, 6.07) is 4.92. The van der Waals surface area contributed by atoms with Crippen LogP contribution in [0.25, 0.3) is 0 Å². The molecule has 0 aromatic carbocycles. The molecule has 1 fully saturated rings. The summed E-state index contributed by atoms with van der Waals surface area (Å²) < 4.78 is 7.02. The third-order valence-corrected chi connectivity index (χ3v) is 5.13. The Morgan fingerprint density at radius 2 is 2.37 bits per heavy atom. The van der Waals surface area contributed by atoms with Gasteiger partial charge in [-0.05, 0) is 48.3 Å². The second-order valence-electron chi connectivity index (χ2n) is 5.24. The average molecular weight is 347 g/mol. The van der Waals surface area contributed by atoms with Gasteiger partial charge >= 0.3 is 0 Å². The SMILES string of the molecule is CC(C)N1CCOC(CNCCc2ccc(Br)s2)C1. The van der Waals surface area contributed by atoms with Crippen LogP contribution >= 0.6 is 27.3 Å². The second kappa shape index (κ2) is 7.74. The second-order valence-corrected chi connectivity index (χ2v) is 7.79. The van der Waals surface area contributed by atoms with E-state index in [0.29, 0.717) is 12.1 Å². The fourth-order valence-electron chi connectivity index (χ4n) is 2.30. The number of thiophene rings is 1. The summed E-state index contributed by atoms with van der Waals surface area (Å²) in [5.41, 5.74) is 0. The normalized spacial score (nSPS) is 21.2. The molecule has 2 heterocycles. The highest BCUT2D eigenvalue weighted by atomic mass is 79.9. The lowest BCUT2D eigenvalue weighted by atomic mass is 10.2. The first-order valence-electron chi connectivity index (χ1n) is 6.95. The van der Waals surface area contributed by atoms with Gasteiger partial charge in [0.2, 0.25) is 0 Å². The van der Waals surface area contributed by atoms with Crippen LogP contribution in [0, 0.1) is 0 Å². The first-order valence-corrected chi connectivity index (χ1v) is 8.56. The number of rotatable bonds is 6. The zero-order chi connectivity index (χ0) is 13.7. The lowest BCUT2D eigenvalue weighted by Crippen LogP contribution is -2.49. The van der Waals surface area contributed by atoms with Crippen molar-refractivity contribution < 1.29 is 4.74 Å². The molecule has 1 aromatic rings. The zero-order valence-corrected chi connectivity index (χ0v) is 14.1. The van der Waals surface area contributed by atoms with Gasteiger partial charge in [0, 0.05) is 37.1 Å². The van der Waals surface area contributed by atoms with E-state index >= 15 is 0 Å². The van der Waals surface area contributed by atoms with E-state index in [2.05, 4.69) is 52.1 Å². The molecule has 0 amide bonds. The van der Waals surface area contributed by atoms with Crippen LogP contribution in [0.1, 0.15) is 18.7 Å². The van der Waals surface area contributed by atoms with Gasteiger partial charge in [-0.1, -0.05) is 0 Å². The summed E-state index contributed by atoms with van der Waals surface area (Å²) in [5, 5.41) is 3.51. The molecule has 1 aliphatic heterocycles. The van der Waals surface area contributed by atoms with Crippen LogP contribution in [0.5, 0.6) is 0 Å². The summed E-state index contributed by atoms with van der Waals surface area (Å²) >= 11 is 5.31. The quantitative estimate of drug-likeness (QED) is 0.801. The highest BCUT2D eigenvalue weighted by molar-refractivity contribution is 9.11. The van der Waals surface area contributed by atoms with Crippen LogP contribution in [0.4, 0.5) is 0 Å². The predicted octanol–water partition coefficient (Wildman–Crippen LogP) is 2.75. The molecule has 0 radical (unpaired) electrons. The lowest BCUT2D eigenvalue weighted by molar-refractivity contribution is -0.0370. The summed E-state index contributed by atoms with van der Waals surface area (Å²) in [7, 11) is 0. The fourth-order valence-corrected chi connectivity index (χ4v) is 3.78. The average Bonchev–Trinajstić information content (AvgIpc) is 2.81. The molecule has 1 atom stereocenters. The van der Waals surface area contributed by atoms with Gasteiger partial charge in [0.1, 0.15) is 0 Å². The van der Waals surface area contributed by atoms with Crippen molar-refractivity contribution in [1.29, 1.82) is 0 Å². The smallest absolute Gasteiger partial charge is 0.0826 e. The molecule has 5 heteroatoms. The van der Waals surface area contributed by atoms with Gasteiger partial charge < -0.3 is 10.1 Å². The number of nitrogens with one attached hydrogen (secondary N) is 1.